The molecular formula is C27H29F4N3O3S. The van der Waals surface area contributed by atoms with Crippen LogP contribution in [0.15, 0.2) is 60.0 Å². The lowest BCUT2D eigenvalue weighted by molar-refractivity contribution is -0.137. The average molecular weight is 552 g/mol. The molecule has 1 N–H and O–H groups in total. The molecule has 0 saturated heterocycles. The van der Waals surface area contributed by atoms with Gasteiger partial charge < -0.3 is 19.9 Å². The SMILES string of the molecule is COCCCN(CC(=O)N(Cc1ccc(F)cc1)Cc1sccc1C)C(=O)Nc1cccc(C(F)(F)F)c1. The number of urea groups is 1. The number of carbonyl (C=O) groups excluding carboxylic acids is 2. The number of anilines is 1. The Labute approximate surface area is 222 Å². The zero-order valence-corrected chi connectivity index (χ0v) is 21.9. The van der Waals surface area contributed by atoms with Crippen molar-refractivity contribution in [1.82, 2.24) is 9.80 Å². The number of ether oxygens (including phenoxy) is 1. The molecule has 1 aromatic heterocycles. The van der Waals surface area contributed by atoms with E-state index in [9.17, 15) is 27.2 Å². The van der Waals surface area contributed by atoms with E-state index in [0.717, 1.165) is 22.6 Å². The van der Waals surface area contributed by atoms with Crippen LogP contribution in [0, 0.1) is 12.7 Å². The smallest absolute Gasteiger partial charge is 0.385 e. The number of benzene rings is 2. The molecule has 3 aromatic rings. The van der Waals surface area contributed by atoms with Crippen LogP contribution < -0.4 is 5.32 Å². The number of nitrogens with one attached hydrogen (secondary N) is 1. The summed E-state index contributed by atoms with van der Waals surface area (Å²) in [6.07, 6.45) is -4.14. The molecule has 38 heavy (non-hydrogen) atoms. The second-order valence-corrected chi connectivity index (χ2v) is 9.68. The van der Waals surface area contributed by atoms with E-state index in [1.54, 1.807) is 17.0 Å². The maximum atomic E-state index is 13.5. The van der Waals surface area contributed by atoms with Crippen molar-refractivity contribution in [2.75, 3.05) is 32.1 Å². The molecule has 11 heteroatoms. The number of carbonyl (C=O) groups is 2. The molecule has 0 bridgehead atoms. The van der Waals surface area contributed by atoms with Crippen LogP contribution in [-0.4, -0.2) is 48.5 Å². The third-order valence-electron chi connectivity index (χ3n) is 5.77. The number of nitrogens with zero attached hydrogens (tertiary/aromatic N) is 2. The number of aryl methyl sites for hydroxylation is 1. The largest absolute Gasteiger partial charge is 0.416 e. The zero-order valence-electron chi connectivity index (χ0n) is 21.1. The summed E-state index contributed by atoms with van der Waals surface area (Å²) in [5.74, 6) is -0.755. The average Bonchev–Trinajstić information content (AvgIpc) is 3.28. The first-order chi connectivity index (χ1) is 18.1. The van der Waals surface area contributed by atoms with Crippen molar-refractivity contribution in [3.63, 3.8) is 0 Å². The molecule has 6 nitrogen and oxygen atoms in total. The van der Waals surface area contributed by atoms with Gasteiger partial charge in [-0.15, -0.1) is 11.3 Å². The minimum absolute atomic E-state index is 0.0357. The molecule has 0 unspecified atom stereocenters. The lowest BCUT2D eigenvalue weighted by atomic mass is 10.2. The molecule has 2 aromatic carbocycles. The highest BCUT2D eigenvalue weighted by atomic mass is 32.1. The van der Waals surface area contributed by atoms with Crippen LogP contribution in [0.3, 0.4) is 0 Å². The van der Waals surface area contributed by atoms with E-state index in [2.05, 4.69) is 5.32 Å². The number of hydrogen-bond donors (Lipinski definition) is 1. The summed E-state index contributed by atoms with van der Waals surface area (Å²) >= 11 is 1.50. The molecule has 0 aliphatic heterocycles. The molecule has 0 fully saturated rings. The van der Waals surface area contributed by atoms with Crippen molar-refractivity contribution in [2.24, 2.45) is 0 Å². The molecule has 0 aliphatic carbocycles. The standard InChI is InChI=1S/C27H29F4N3O3S/c1-19-11-14-38-24(19)17-34(16-20-7-9-22(28)10-8-20)25(35)18-33(12-4-13-37-2)26(36)32-23-6-3-5-21(15-23)27(29,30)31/h3,5-11,14-15H,4,12-13,16-18H2,1-2H3,(H,32,36). The van der Waals surface area contributed by atoms with Gasteiger partial charge in [-0.05, 0) is 66.2 Å². The number of amides is 3. The van der Waals surface area contributed by atoms with Gasteiger partial charge in [0.2, 0.25) is 5.91 Å². The van der Waals surface area contributed by atoms with Crippen molar-refractivity contribution >= 4 is 29.0 Å². The van der Waals surface area contributed by atoms with Crippen LogP contribution in [0.2, 0.25) is 0 Å². The first-order valence-electron chi connectivity index (χ1n) is 11.8. The van der Waals surface area contributed by atoms with Gasteiger partial charge in [0.1, 0.15) is 12.4 Å². The maximum Gasteiger partial charge on any atom is 0.416 e. The van der Waals surface area contributed by atoms with Gasteiger partial charge in [0.25, 0.3) is 0 Å². The molecule has 1 heterocycles. The van der Waals surface area contributed by atoms with E-state index in [1.165, 1.54) is 47.6 Å². The molecular weight excluding hydrogens is 522 g/mol. The fraction of sp³-hybridized carbons (Fsp3) is 0.333. The van der Waals surface area contributed by atoms with E-state index in [4.69, 9.17) is 4.74 Å². The summed E-state index contributed by atoms with van der Waals surface area (Å²) in [6, 6.07) is 11.4. The lowest BCUT2D eigenvalue weighted by Gasteiger charge is -2.28. The molecule has 0 saturated carbocycles. The van der Waals surface area contributed by atoms with Gasteiger partial charge in [-0.1, -0.05) is 18.2 Å². The van der Waals surface area contributed by atoms with Crippen LogP contribution in [0.5, 0.6) is 0 Å². The third-order valence-corrected chi connectivity index (χ3v) is 6.78. The van der Waals surface area contributed by atoms with Gasteiger partial charge in [-0.3, -0.25) is 4.79 Å². The second kappa shape index (κ2) is 13.4. The Morgan fingerprint density at radius 2 is 1.76 bits per heavy atom. The highest BCUT2D eigenvalue weighted by Gasteiger charge is 2.31. The fourth-order valence-corrected chi connectivity index (χ4v) is 4.59. The van der Waals surface area contributed by atoms with Crippen LogP contribution in [-0.2, 0) is 28.8 Å². The van der Waals surface area contributed by atoms with Crippen LogP contribution in [0.4, 0.5) is 28.0 Å². The summed E-state index contributed by atoms with van der Waals surface area (Å²) in [6.45, 7) is 2.59. The molecule has 3 rings (SSSR count). The van der Waals surface area contributed by atoms with E-state index in [0.29, 0.717) is 25.1 Å². The number of alkyl halides is 3. The Balaban J connectivity index is 1.79. The molecule has 0 atom stereocenters. The first kappa shape index (κ1) is 29.1. The van der Waals surface area contributed by atoms with Gasteiger partial charge in [0.05, 0.1) is 12.1 Å². The Morgan fingerprint density at radius 3 is 2.39 bits per heavy atom. The minimum atomic E-state index is -4.56. The second-order valence-electron chi connectivity index (χ2n) is 8.68. The summed E-state index contributed by atoms with van der Waals surface area (Å²) in [7, 11) is 1.51. The topological polar surface area (TPSA) is 61.9 Å². The number of halogens is 4. The van der Waals surface area contributed by atoms with Crippen molar-refractivity contribution in [2.45, 2.75) is 32.6 Å². The number of thiophene rings is 1. The predicted molar refractivity (Wildman–Crippen MR) is 138 cm³/mol. The number of methoxy groups -OCH3 is 1. The normalized spacial score (nSPS) is 11.3. The van der Waals surface area contributed by atoms with Crippen molar-refractivity contribution in [3.05, 3.63) is 87.4 Å². The highest BCUT2D eigenvalue weighted by molar-refractivity contribution is 7.10. The quantitative estimate of drug-likeness (QED) is 0.224. The number of rotatable bonds is 11. The van der Waals surface area contributed by atoms with Gasteiger partial charge in [0, 0.05) is 37.4 Å². The van der Waals surface area contributed by atoms with Crippen LogP contribution in [0.25, 0.3) is 0 Å². The Bertz CT molecular complexity index is 1210. The van der Waals surface area contributed by atoms with Crippen molar-refractivity contribution in [1.29, 1.82) is 0 Å². The van der Waals surface area contributed by atoms with E-state index < -0.39 is 23.6 Å². The Morgan fingerprint density at radius 1 is 1.03 bits per heavy atom. The zero-order chi connectivity index (χ0) is 27.7. The third kappa shape index (κ3) is 8.56. The Kier molecular flexibility index (Phi) is 10.3. The van der Waals surface area contributed by atoms with Gasteiger partial charge in [-0.2, -0.15) is 13.2 Å². The van der Waals surface area contributed by atoms with Crippen molar-refractivity contribution < 1.29 is 31.9 Å². The monoisotopic (exact) mass is 551 g/mol. The first-order valence-corrected chi connectivity index (χ1v) is 12.7. The van der Waals surface area contributed by atoms with Crippen LogP contribution in [0.1, 0.15) is 28.0 Å². The van der Waals surface area contributed by atoms with E-state index in [-0.39, 0.29) is 31.2 Å². The lowest BCUT2D eigenvalue weighted by Crippen LogP contribution is -2.44. The fourth-order valence-electron chi connectivity index (χ4n) is 3.67. The summed E-state index contributed by atoms with van der Waals surface area (Å²) in [5.41, 5.74) is 0.806. The van der Waals surface area contributed by atoms with Crippen molar-refractivity contribution in [3.8, 4) is 0 Å². The summed E-state index contributed by atoms with van der Waals surface area (Å²) < 4.78 is 57.8. The molecule has 0 spiro atoms. The molecule has 0 aliphatic rings. The van der Waals surface area contributed by atoms with E-state index in [1.807, 2.05) is 18.4 Å². The minimum Gasteiger partial charge on any atom is -0.385 e. The Hall–Kier alpha value is -3.44. The van der Waals surface area contributed by atoms with E-state index >= 15 is 0 Å². The van der Waals surface area contributed by atoms with Gasteiger partial charge in [-0.25, -0.2) is 9.18 Å². The highest BCUT2D eigenvalue weighted by Crippen LogP contribution is 2.30. The number of hydrogen-bond acceptors (Lipinski definition) is 4. The molecule has 3 amide bonds. The maximum absolute atomic E-state index is 13.5. The van der Waals surface area contributed by atoms with Gasteiger partial charge >= 0.3 is 12.2 Å². The summed E-state index contributed by atoms with van der Waals surface area (Å²) in [5, 5.41) is 4.39. The molecule has 204 valence electrons. The predicted octanol–water partition coefficient (Wildman–Crippen LogP) is 6.31. The van der Waals surface area contributed by atoms with Crippen LogP contribution >= 0.6 is 11.3 Å². The molecule has 0 radical (unpaired) electrons. The van der Waals surface area contributed by atoms with Gasteiger partial charge in [0.15, 0.2) is 0 Å². The summed E-state index contributed by atoms with van der Waals surface area (Å²) in [4.78, 5) is 30.4.